The van der Waals surface area contributed by atoms with Gasteiger partial charge in [-0.15, -0.1) is 0 Å². The number of carbonyl (C=O) groups is 1. The maximum atomic E-state index is 12.4. The number of piperazine rings is 1. The average Bonchev–Trinajstić information content (AvgIpc) is 2.48. The van der Waals surface area contributed by atoms with Crippen molar-refractivity contribution < 1.29 is 4.79 Å². The van der Waals surface area contributed by atoms with Gasteiger partial charge in [0.1, 0.15) is 0 Å². The molecule has 0 amide bonds. The maximum Gasteiger partial charge on any atom is 0.166 e. The van der Waals surface area contributed by atoms with Crippen molar-refractivity contribution in [1.29, 1.82) is 0 Å². The van der Waals surface area contributed by atoms with Crippen molar-refractivity contribution in [2.45, 2.75) is 20.8 Å². The van der Waals surface area contributed by atoms with Gasteiger partial charge >= 0.3 is 0 Å². The Hall–Kier alpha value is -1.19. The second-order valence-electron chi connectivity index (χ2n) is 5.87. The molecular formula is C17H26N2O. The van der Waals surface area contributed by atoms with Crippen LogP contribution in [0.5, 0.6) is 0 Å². The summed E-state index contributed by atoms with van der Waals surface area (Å²) in [6, 6.07) is 7.92. The standard InChI is InChI=1S/C17H26N2O/c1-4-18-9-11-19(12-10-18)13-15(3)17(20)16-7-5-14(2)6-8-16/h5-8,15H,4,9-13H2,1-3H3. The fraction of sp³-hybridized carbons (Fsp3) is 0.588. The molecular weight excluding hydrogens is 248 g/mol. The van der Waals surface area contributed by atoms with Crippen molar-refractivity contribution in [3.8, 4) is 0 Å². The van der Waals surface area contributed by atoms with Gasteiger partial charge in [0.15, 0.2) is 5.78 Å². The van der Waals surface area contributed by atoms with E-state index in [0.29, 0.717) is 0 Å². The van der Waals surface area contributed by atoms with Gasteiger partial charge in [-0.2, -0.15) is 0 Å². The second-order valence-corrected chi connectivity index (χ2v) is 5.87. The molecule has 1 atom stereocenters. The molecule has 3 nitrogen and oxygen atoms in total. The molecule has 20 heavy (non-hydrogen) atoms. The Bertz CT molecular complexity index is 433. The van der Waals surface area contributed by atoms with E-state index in [1.54, 1.807) is 0 Å². The fourth-order valence-electron chi connectivity index (χ4n) is 2.76. The van der Waals surface area contributed by atoms with E-state index >= 15 is 0 Å². The van der Waals surface area contributed by atoms with Gasteiger partial charge in [0.25, 0.3) is 0 Å². The Morgan fingerprint density at radius 3 is 2.20 bits per heavy atom. The molecule has 0 spiro atoms. The maximum absolute atomic E-state index is 12.4. The Kier molecular flexibility index (Phi) is 5.32. The third-order valence-electron chi connectivity index (χ3n) is 4.23. The van der Waals surface area contributed by atoms with E-state index in [1.165, 1.54) is 5.56 Å². The van der Waals surface area contributed by atoms with Gasteiger partial charge in [-0.05, 0) is 13.5 Å². The van der Waals surface area contributed by atoms with Crippen LogP contribution >= 0.6 is 0 Å². The van der Waals surface area contributed by atoms with E-state index < -0.39 is 0 Å². The van der Waals surface area contributed by atoms with Gasteiger partial charge in [0, 0.05) is 44.2 Å². The first-order valence-corrected chi connectivity index (χ1v) is 7.65. The summed E-state index contributed by atoms with van der Waals surface area (Å²) in [5, 5.41) is 0. The largest absolute Gasteiger partial charge is 0.301 e. The molecule has 1 aromatic carbocycles. The highest BCUT2D eigenvalue weighted by atomic mass is 16.1. The Balaban J connectivity index is 1.87. The Labute approximate surface area is 122 Å². The third-order valence-corrected chi connectivity index (χ3v) is 4.23. The predicted molar refractivity (Wildman–Crippen MR) is 83.2 cm³/mol. The van der Waals surface area contributed by atoms with E-state index in [2.05, 4.69) is 16.7 Å². The lowest BCUT2D eigenvalue weighted by atomic mass is 9.98. The minimum absolute atomic E-state index is 0.0749. The van der Waals surface area contributed by atoms with Crippen LogP contribution in [0.1, 0.15) is 29.8 Å². The van der Waals surface area contributed by atoms with Gasteiger partial charge in [-0.3, -0.25) is 4.79 Å². The van der Waals surface area contributed by atoms with Crippen molar-refractivity contribution in [2.24, 2.45) is 5.92 Å². The molecule has 1 fully saturated rings. The first kappa shape index (κ1) is 15.2. The van der Waals surface area contributed by atoms with Crippen LogP contribution in [-0.2, 0) is 0 Å². The minimum atomic E-state index is 0.0749. The zero-order chi connectivity index (χ0) is 14.5. The molecule has 110 valence electrons. The molecule has 0 N–H and O–H groups in total. The number of benzene rings is 1. The molecule has 1 unspecified atom stereocenters. The van der Waals surface area contributed by atoms with Crippen molar-refractivity contribution in [2.75, 3.05) is 39.3 Å². The van der Waals surface area contributed by atoms with Gasteiger partial charge in [0.05, 0.1) is 0 Å². The lowest BCUT2D eigenvalue weighted by molar-refractivity contribution is 0.0839. The summed E-state index contributed by atoms with van der Waals surface area (Å²) < 4.78 is 0. The molecule has 3 heteroatoms. The number of Topliss-reactive ketones (excluding diaryl/α,β-unsaturated/α-hetero) is 1. The van der Waals surface area contributed by atoms with E-state index in [9.17, 15) is 4.79 Å². The highest BCUT2D eigenvalue weighted by Gasteiger charge is 2.21. The number of hydrogen-bond donors (Lipinski definition) is 0. The summed E-state index contributed by atoms with van der Waals surface area (Å²) in [6.07, 6.45) is 0. The van der Waals surface area contributed by atoms with Crippen LogP contribution in [0.15, 0.2) is 24.3 Å². The summed E-state index contributed by atoms with van der Waals surface area (Å²) in [6.45, 7) is 12.7. The molecule has 0 bridgehead atoms. The first-order chi connectivity index (χ1) is 9.60. The van der Waals surface area contributed by atoms with Crippen LogP contribution in [-0.4, -0.2) is 54.9 Å². The van der Waals surface area contributed by atoms with Crippen LogP contribution in [0.2, 0.25) is 0 Å². The van der Waals surface area contributed by atoms with Gasteiger partial charge in [0.2, 0.25) is 0 Å². The molecule has 1 aromatic rings. The molecule has 0 saturated carbocycles. The number of nitrogens with zero attached hydrogens (tertiary/aromatic N) is 2. The lowest BCUT2D eigenvalue weighted by Crippen LogP contribution is -2.47. The third kappa shape index (κ3) is 3.90. The van der Waals surface area contributed by atoms with E-state index in [-0.39, 0.29) is 11.7 Å². The number of likely N-dealkylation sites (N-methyl/N-ethyl adjacent to an activating group) is 1. The second kappa shape index (κ2) is 7.00. The van der Waals surface area contributed by atoms with E-state index in [0.717, 1.165) is 44.8 Å². The summed E-state index contributed by atoms with van der Waals surface area (Å²) in [4.78, 5) is 17.3. The number of rotatable bonds is 5. The van der Waals surface area contributed by atoms with Crippen LogP contribution < -0.4 is 0 Å². The van der Waals surface area contributed by atoms with E-state index in [1.807, 2.05) is 38.1 Å². The van der Waals surface area contributed by atoms with Crippen molar-refractivity contribution in [1.82, 2.24) is 9.80 Å². The Morgan fingerprint density at radius 1 is 1.10 bits per heavy atom. The minimum Gasteiger partial charge on any atom is -0.301 e. The van der Waals surface area contributed by atoms with Gasteiger partial charge < -0.3 is 9.80 Å². The number of ketones is 1. The highest BCUT2D eigenvalue weighted by Crippen LogP contribution is 2.13. The summed E-state index contributed by atoms with van der Waals surface area (Å²) >= 11 is 0. The van der Waals surface area contributed by atoms with Crippen molar-refractivity contribution in [3.63, 3.8) is 0 Å². The lowest BCUT2D eigenvalue weighted by Gasteiger charge is -2.35. The monoisotopic (exact) mass is 274 g/mol. The smallest absolute Gasteiger partial charge is 0.166 e. The van der Waals surface area contributed by atoms with Crippen LogP contribution in [0.3, 0.4) is 0 Å². The molecule has 0 aliphatic carbocycles. The number of hydrogen-bond acceptors (Lipinski definition) is 3. The van der Waals surface area contributed by atoms with E-state index in [4.69, 9.17) is 0 Å². The van der Waals surface area contributed by atoms with Crippen molar-refractivity contribution >= 4 is 5.78 Å². The van der Waals surface area contributed by atoms with Gasteiger partial charge in [-0.25, -0.2) is 0 Å². The SMILES string of the molecule is CCN1CCN(CC(C)C(=O)c2ccc(C)cc2)CC1. The molecule has 1 heterocycles. The predicted octanol–water partition coefficient (Wildman–Crippen LogP) is 2.45. The molecule has 1 aliphatic rings. The Morgan fingerprint density at radius 2 is 1.65 bits per heavy atom. The average molecular weight is 274 g/mol. The van der Waals surface area contributed by atoms with Crippen LogP contribution in [0.4, 0.5) is 0 Å². The first-order valence-electron chi connectivity index (χ1n) is 7.65. The highest BCUT2D eigenvalue weighted by molar-refractivity contribution is 5.97. The molecule has 1 aliphatic heterocycles. The topological polar surface area (TPSA) is 23.6 Å². The molecule has 0 radical (unpaired) electrons. The number of aryl methyl sites for hydroxylation is 1. The quantitative estimate of drug-likeness (QED) is 0.771. The zero-order valence-corrected chi connectivity index (χ0v) is 12.9. The normalized spacial score (nSPS) is 18.9. The molecule has 1 saturated heterocycles. The molecule has 2 rings (SSSR count). The van der Waals surface area contributed by atoms with Crippen molar-refractivity contribution in [3.05, 3.63) is 35.4 Å². The van der Waals surface area contributed by atoms with Crippen LogP contribution in [0, 0.1) is 12.8 Å². The summed E-state index contributed by atoms with van der Waals surface area (Å²) in [5.74, 6) is 0.341. The zero-order valence-electron chi connectivity index (χ0n) is 12.9. The number of carbonyl (C=O) groups excluding carboxylic acids is 1. The summed E-state index contributed by atoms with van der Waals surface area (Å²) in [5.41, 5.74) is 2.04. The fourth-order valence-corrected chi connectivity index (χ4v) is 2.76. The summed E-state index contributed by atoms with van der Waals surface area (Å²) in [7, 11) is 0. The van der Waals surface area contributed by atoms with Gasteiger partial charge in [-0.1, -0.05) is 43.7 Å². The molecule has 0 aromatic heterocycles. The van der Waals surface area contributed by atoms with Crippen LogP contribution in [0.25, 0.3) is 0 Å².